The largest absolute Gasteiger partial charge is 0.0613 e. The number of benzene rings is 5. The van der Waals surface area contributed by atoms with Gasteiger partial charge in [-0.1, -0.05) is 218 Å². The molecule has 0 amide bonds. The van der Waals surface area contributed by atoms with Gasteiger partial charge in [0, 0.05) is 33.0 Å². The van der Waals surface area contributed by atoms with Crippen LogP contribution in [-0.4, -0.2) is 0 Å². The number of allylic oxidation sites excluding steroid dienone is 4. The van der Waals surface area contributed by atoms with Gasteiger partial charge in [0.05, 0.1) is 0 Å². The lowest BCUT2D eigenvalue weighted by Gasteiger charge is -2.72. The van der Waals surface area contributed by atoms with Crippen molar-refractivity contribution in [3.63, 3.8) is 0 Å². The summed E-state index contributed by atoms with van der Waals surface area (Å²) in [5.74, 6) is 4.13. The predicted octanol–water partition coefficient (Wildman–Crippen LogP) is 15.9. The van der Waals surface area contributed by atoms with Crippen LogP contribution in [0.3, 0.4) is 0 Å². The molecule has 0 saturated heterocycles. The third kappa shape index (κ3) is 4.67. The van der Waals surface area contributed by atoms with Crippen LogP contribution in [-0.2, 0) is 27.1 Å². The highest BCUT2D eigenvalue weighted by Crippen LogP contribution is 2.86. The molecule has 0 aliphatic heterocycles. The molecule has 0 heteroatoms. The average Bonchev–Trinajstić information content (AvgIpc) is 3.66. The van der Waals surface area contributed by atoms with Gasteiger partial charge in [0.1, 0.15) is 0 Å². The Morgan fingerprint density at radius 1 is 0.246 bits per heavy atom. The summed E-state index contributed by atoms with van der Waals surface area (Å²) >= 11 is 0. The van der Waals surface area contributed by atoms with Crippen LogP contribution in [0.1, 0.15) is 125 Å². The average molecular weight is 857 g/mol. The quantitative estimate of drug-likeness (QED) is 0.165. The molecule has 11 rings (SSSR count). The Bertz CT molecular complexity index is 2590. The van der Waals surface area contributed by atoms with E-state index in [4.69, 9.17) is 0 Å². The van der Waals surface area contributed by atoms with E-state index in [0.717, 1.165) is 0 Å². The number of hydrogen-bond acceptors (Lipinski definition) is 0. The first-order chi connectivity index (χ1) is 30.9. The second kappa shape index (κ2) is 14.1. The van der Waals surface area contributed by atoms with Crippen molar-refractivity contribution in [2.45, 2.75) is 131 Å². The normalized spacial score (nSPS) is 41.2. The van der Waals surface area contributed by atoms with Crippen molar-refractivity contribution in [2.75, 3.05) is 0 Å². The van der Waals surface area contributed by atoms with Crippen LogP contribution in [0.2, 0.25) is 0 Å². The van der Waals surface area contributed by atoms with Gasteiger partial charge in [0.15, 0.2) is 0 Å². The maximum absolute atomic E-state index is 2.74. The minimum absolute atomic E-state index is 0.123. The molecule has 0 radical (unpaired) electrons. The van der Waals surface area contributed by atoms with Crippen molar-refractivity contribution >= 4 is 0 Å². The van der Waals surface area contributed by atoms with Gasteiger partial charge in [-0.25, -0.2) is 0 Å². The molecule has 0 aromatic heterocycles. The Hall–Kier alpha value is -4.42. The van der Waals surface area contributed by atoms with Crippen molar-refractivity contribution in [1.82, 2.24) is 0 Å². The standard InChI is InChI=1S/C65H76/c1-36-16-26-51(27-17-36)61-41(6)43(8)62(52-28-18-37(2)19-29-52)45(10)47(12)64(54-32-22-39(4)23-33-54)49(14)50(15)65(55-34-24-40(5)25-35-55)48(13)46(11)63(44(9)42(61)7,53-30-20-38(3)21-31-53)58-56(61)57(62)59(64)60(58)65/h16-35,41-50,56H,1-15H3/t41-,42+,43+,44-,45-,46+,47+,48-,49-,50+,56?,61?,62?,63?,64?,65?. The zero-order chi connectivity index (χ0) is 46.1. The zero-order valence-corrected chi connectivity index (χ0v) is 42.4. The topological polar surface area (TPSA) is 0 Å². The molecule has 5 aromatic carbocycles. The van der Waals surface area contributed by atoms with E-state index in [2.05, 4.69) is 225 Å². The molecular formula is C65H76. The highest BCUT2D eigenvalue weighted by Gasteiger charge is 2.82. The molecule has 0 N–H and O–H groups in total. The number of rotatable bonds is 5. The third-order valence-corrected chi connectivity index (χ3v) is 22.2. The minimum Gasteiger partial charge on any atom is -0.0613 e. The van der Waals surface area contributed by atoms with Gasteiger partial charge in [-0.05, 0) is 144 Å². The highest BCUT2D eigenvalue weighted by atomic mass is 14.8. The molecule has 16 atom stereocenters. The van der Waals surface area contributed by atoms with Crippen LogP contribution < -0.4 is 0 Å². The van der Waals surface area contributed by atoms with Crippen LogP contribution in [0.5, 0.6) is 0 Å². The number of aryl methyl sites for hydroxylation is 5. The summed E-state index contributed by atoms with van der Waals surface area (Å²) in [7, 11) is 0. The summed E-state index contributed by atoms with van der Waals surface area (Å²) in [4.78, 5) is 0. The maximum Gasteiger partial charge on any atom is 0.0263 e. The minimum atomic E-state index is -0.185. The van der Waals surface area contributed by atoms with Gasteiger partial charge >= 0.3 is 0 Å². The molecule has 3 saturated carbocycles. The van der Waals surface area contributed by atoms with Gasteiger partial charge in [-0.15, -0.1) is 0 Å². The van der Waals surface area contributed by atoms with E-state index < -0.39 is 0 Å². The summed E-state index contributed by atoms with van der Waals surface area (Å²) in [6.45, 7) is 38.7. The predicted molar refractivity (Wildman–Crippen MR) is 273 cm³/mol. The van der Waals surface area contributed by atoms with E-state index in [1.165, 1.54) is 27.8 Å². The van der Waals surface area contributed by atoms with Gasteiger partial charge in [0.25, 0.3) is 0 Å². The van der Waals surface area contributed by atoms with Crippen molar-refractivity contribution in [2.24, 2.45) is 65.1 Å². The molecular weight excluding hydrogens is 781 g/mol. The van der Waals surface area contributed by atoms with E-state index in [1.807, 2.05) is 11.1 Å². The molecule has 5 aromatic rings. The zero-order valence-electron chi connectivity index (χ0n) is 42.4. The highest BCUT2D eigenvalue weighted by molar-refractivity contribution is 5.78. The van der Waals surface area contributed by atoms with Gasteiger partial charge in [-0.3, -0.25) is 0 Å². The summed E-state index contributed by atoms with van der Waals surface area (Å²) < 4.78 is 0. The van der Waals surface area contributed by atoms with E-state index in [9.17, 15) is 0 Å². The third-order valence-electron chi connectivity index (χ3n) is 22.2. The second-order valence-electron chi connectivity index (χ2n) is 23.6. The Morgan fingerprint density at radius 2 is 0.446 bits per heavy atom. The van der Waals surface area contributed by atoms with Crippen molar-refractivity contribution in [1.29, 1.82) is 0 Å². The molecule has 6 aliphatic rings. The van der Waals surface area contributed by atoms with Gasteiger partial charge < -0.3 is 0 Å². The Kier molecular flexibility index (Phi) is 9.34. The first-order valence-electron chi connectivity index (χ1n) is 25.8. The molecule has 336 valence electrons. The van der Waals surface area contributed by atoms with Gasteiger partial charge in [0.2, 0.25) is 0 Å². The fraction of sp³-hybridized carbons (Fsp3) is 0.477. The first kappa shape index (κ1) is 43.2. The molecule has 6 unspecified atom stereocenters. The lowest BCUT2D eigenvalue weighted by molar-refractivity contribution is -0.0728. The lowest BCUT2D eigenvalue weighted by Crippen LogP contribution is -2.70. The molecule has 0 spiro atoms. The van der Waals surface area contributed by atoms with Crippen LogP contribution in [0, 0.1) is 99.7 Å². The van der Waals surface area contributed by atoms with E-state index in [-0.39, 0.29) is 33.0 Å². The van der Waals surface area contributed by atoms with Crippen molar-refractivity contribution < 1.29 is 0 Å². The molecule has 65 heavy (non-hydrogen) atoms. The van der Waals surface area contributed by atoms with Crippen molar-refractivity contribution in [3.8, 4) is 0 Å². The summed E-state index contributed by atoms with van der Waals surface area (Å²) in [6, 6.07) is 50.5. The molecule has 0 heterocycles. The molecule has 0 bridgehead atoms. The summed E-state index contributed by atoms with van der Waals surface area (Å²) in [5.41, 5.74) is 20.9. The van der Waals surface area contributed by atoms with E-state index in [0.29, 0.717) is 59.2 Å². The van der Waals surface area contributed by atoms with Crippen LogP contribution in [0.25, 0.3) is 0 Å². The van der Waals surface area contributed by atoms with Crippen LogP contribution in [0.4, 0.5) is 0 Å². The maximum atomic E-state index is 2.74. The molecule has 6 aliphatic carbocycles. The SMILES string of the molecule is Cc1ccc(C23C4=C5C6C7=C4C(c4ccc(C)cc4)([C@H](C)[C@@H]2C)[C@@H](C)[C@@H](C)C7(c2ccc(C)cc2)[C@@H](C)[C@@H](C)C6(c2ccc(C)cc2)[C@@H](C)[C@@H](C)C5(c2ccc(C)cc2)[C@@H](C)[C@H]3C)cc1. The molecule has 3 fully saturated rings. The van der Waals surface area contributed by atoms with E-state index in [1.54, 1.807) is 39.0 Å². The van der Waals surface area contributed by atoms with Crippen LogP contribution in [0.15, 0.2) is 144 Å². The lowest BCUT2D eigenvalue weighted by atomic mass is 9.30. The molecule has 0 nitrogen and oxygen atoms in total. The number of hydrogen-bond donors (Lipinski definition) is 0. The fourth-order valence-electron chi connectivity index (χ4n) is 19.0. The van der Waals surface area contributed by atoms with Crippen LogP contribution >= 0.6 is 0 Å². The smallest absolute Gasteiger partial charge is 0.0263 e. The van der Waals surface area contributed by atoms with Gasteiger partial charge in [-0.2, -0.15) is 0 Å². The second-order valence-corrected chi connectivity index (χ2v) is 23.6. The Morgan fingerprint density at radius 3 is 0.708 bits per heavy atom. The fourth-order valence-corrected chi connectivity index (χ4v) is 19.0. The Labute approximate surface area is 393 Å². The first-order valence-corrected chi connectivity index (χ1v) is 25.8. The monoisotopic (exact) mass is 857 g/mol. The van der Waals surface area contributed by atoms with E-state index >= 15 is 0 Å². The summed E-state index contributed by atoms with van der Waals surface area (Å²) in [5, 5.41) is 0. The summed E-state index contributed by atoms with van der Waals surface area (Å²) in [6.07, 6.45) is 0. The van der Waals surface area contributed by atoms with Crippen molar-refractivity contribution in [3.05, 3.63) is 199 Å². The Balaban J connectivity index is 1.45.